The first-order valence-electron chi connectivity index (χ1n) is 5.91. The van der Waals surface area contributed by atoms with Crippen LogP contribution < -0.4 is 10.5 Å². The number of aliphatic hydroxyl groups is 1. The van der Waals surface area contributed by atoms with Crippen LogP contribution in [0.4, 0.5) is 5.69 Å². The molecule has 0 aliphatic heterocycles. The highest BCUT2D eigenvalue weighted by Gasteiger charge is 2.07. The topological polar surface area (TPSA) is 55.5 Å². The van der Waals surface area contributed by atoms with Gasteiger partial charge >= 0.3 is 0 Å². The summed E-state index contributed by atoms with van der Waals surface area (Å²) >= 11 is 0. The first kappa shape index (κ1) is 12.5. The van der Waals surface area contributed by atoms with Crippen molar-refractivity contribution in [3.05, 3.63) is 59.7 Å². The molecule has 3 nitrogen and oxygen atoms in total. The Morgan fingerprint density at radius 2 is 1.94 bits per heavy atom. The molecule has 1 unspecified atom stereocenters. The molecule has 0 spiro atoms. The second-order valence-electron chi connectivity index (χ2n) is 4.24. The number of nitrogen functional groups attached to an aromatic ring is 1. The Bertz CT molecular complexity index is 525. The minimum atomic E-state index is -0.0811. The summed E-state index contributed by atoms with van der Waals surface area (Å²) in [6, 6.07) is 15.1. The maximum atomic E-state index is 9.08. The van der Waals surface area contributed by atoms with Crippen LogP contribution in [-0.4, -0.2) is 5.11 Å². The van der Waals surface area contributed by atoms with Crippen molar-refractivity contribution in [1.82, 2.24) is 0 Å². The number of aliphatic hydroxyl groups excluding tert-OH is 1. The third-order valence-electron chi connectivity index (χ3n) is 2.77. The Labute approximate surface area is 107 Å². The molecule has 0 bridgehead atoms. The van der Waals surface area contributed by atoms with Gasteiger partial charge in [-0.25, -0.2) is 0 Å². The van der Waals surface area contributed by atoms with E-state index in [-0.39, 0.29) is 12.7 Å². The predicted octanol–water partition coefficient (Wildman–Crippen LogP) is 2.90. The van der Waals surface area contributed by atoms with Crippen molar-refractivity contribution in [1.29, 1.82) is 0 Å². The molecule has 3 N–H and O–H groups in total. The molecule has 0 aliphatic carbocycles. The number of rotatable bonds is 4. The molecule has 0 saturated carbocycles. The van der Waals surface area contributed by atoms with Crippen molar-refractivity contribution >= 4 is 5.69 Å². The van der Waals surface area contributed by atoms with E-state index in [1.165, 1.54) is 0 Å². The average Bonchev–Trinajstić information content (AvgIpc) is 2.39. The summed E-state index contributed by atoms with van der Waals surface area (Å²) in [5.74, 6) is 0.747. The van der Waals surface area contributed by atoms with Crippen molar-refractivity contribution in [3.8, 4) is 5.75 Å². The van der Waals surface area contributed by atoms with E-state index in [0.29, 0.717) is 0 Å². The Morgan fingerprint density at radius 3 is 2.67 bits per heavy atom. The maximum Gasteiger partial charge on any atom is 0.121 e. The summed E-state index contributed by atoms with van der Waals surface area (Å²) in [4.78, 5) is 0. The van der Waals surface area contributed by atoms with E-state index >= 15 is 0 Å². The molecule has 0 heterocycles. The number of anilines is 1. The molecule has 18 heavy (non-hydrogen) atoms. The molecule has 2 aromatic carbocycles. The van der Waals surface area contributed by atoms with E-state index in [2.05, 4.69) is 0 Å². The molecule has 0 saturated heterocycles. The predicted molar refractivity (Wildman–Crippen MR) is 72.3 cm³/mol. The molecule has 0 fully saturated rings. The summed E-state index contributed by atoms with van der Waals surface area (Å²) in [6.07, 6.45) is -0.0811. The van der Waals surface area contributed by atoms with Crippen LogP contribution in [0.3, 0.4) is 0 Å². The molecule has 1 atom stereocenters. The van der Waals surface area contributed by atoms with E-state index < -0.39 is 0 Å². The lowest BCUT2D eigenvalue weighted by Gasteiger charge is -2.16. The minimum absolute atomic E-state index is 0.0177. The first-order chi connectivity index (χ1) is 8.69. The van der Waals surface area contributed by atoms with Gasteiger partial charge in [-0.3, -0.25) is 0 Å². The van der Waals surface area contributed by atoms with Crippen molar-refractivity contribution in [3.63, 3.8) is 0 Å². The fourth-order valence-corrected chi connectivity index (χ4v) is 1.80. The maximum absolute atomic E-state index is 9.08. The van der Waals surface area contributed by atoms with Crippen LogP contribution in [0, 0.1) is 0 Å². The fraction of sp³-hybridized carbons (Fsp3) is 0.200. The highest BCUT2D eigenvalue weighted by Crippen LogP contribution is 2.23. The third kappa shape index (κ3) is 3.02. The van der Waals surface area contributed by atoms with Gasteiger partial charge < -0.3 is 15.6 Å². The van der Waals surface area contributed by atoms with Crippen LogP contribution in [0.25, 0.3) is 0 Å². The zero-order valence-corrected chi connectivity index (χ0v) is 10.3. The molecular formula is C15H17NO2. The highest BCUT2D eigenvalue weighted by molar-refractivity contribution is 5.41. The van der Waals surface area contributed by atoms with Crippen molar-refractivity contribution in [2.24, 2.45) is 0 Å². The number of benzene rings is 2. The van der Waals surface area contributed by atoms with E-state index in [1.54, 1.807) is 0 Å². The standard InChI is InChI=1S/C15H17NO2/c1-11(13-5-3-6-14(16)9-13)18-15-7-2-4-12(8-15)10-17/h2-9,11,17H,10,16H2,1H3. The number of nitrogens with two attached hydrogens (primary N) is 1. The van der Waals surface area contributed by atoms with Gasteiger partial charge in [0.15, 0.2) is 0 Å². The lowest BCUT2D eigenvalue weighted by atomic mass is 10.1. The molecule has 2 rings (SSSR count). The molecule has 0 radical (unpaired) electrons. The van der Waals surface area contributed by atoms with Crippen molar-refractivity contribution in [2.75, 3.05) is 5.73 Å². The molecule has 0 amide bonds. The van der Waals surface area contributed by atoms with Gasteiger partial charge in [0.05, 0.1) is 6.61 Å². The van der Waals surface area contributed by atoms with Crippen LogP contribution in [0.5, 0.6) is 5.75 Å². The first-order valence-corrected chi connectivity index (χ1v) is 5.91. The monoisotopic (exact) mass is 243 g/mol. The van der Waals surface area contributed by atoms with E-state index in [0.717, 1.165) is 22.6 Å². The molecular weight excluding hydrogens is 226 g/mol. The Hall–Kier alpha value is -2.00. The van der Waals surface area contributed by atoms with Gasteiger partial charge in [-0.2, -0.15) is 0 Å². The third-order valence-corrected chi connectivity index (χ3v) is 2.77. The summed E-state index contributed by atoms with van der Waals surface area (Å²) in [6.45, 7) is 1.99. The fourth-order valence-electron chi connectivity index (χ4n) is 1.80. The van der Waals surface area contributed by atoms with Crippen LogP contribution >= 0.6 is 0 Å². The highest BCUT2D eigenvalue weighted by atomic mass is 16.5. The van der Waals surface area contributed by atoms with E-state index in [1.807, 2.05) is 55.5 Å². The van der Waals surface area contributed by atoms with Gasteiger partial charge in [0.2, 0.25) is 0 Å². The second kappa shape index (κ2) is 5.56. The van der Waals surface area contributed by atoms with Crippen LogP contribution in [0.1, 0.15) is 24.2 Å². The summed E-state index contributed by atoms with van der Waals surface area (Å²) < 4.78 is 5.83. The van der Waals surface area contributed by atoms with Gasteiger partial charge in [0.1, 0.15) is 11.9 Å². The molecule has 3 heteroatoms. The molecule has 0 aromatic heterocycles. The van der Waals surface area contributed by atoms with Crippen LogP contribution in [0.15, 0.2) is 48.5 Å². The number of hydrogen-bond donors (Lipinski definition) is 2. The SMILES string of the molecule is CC(Oc1cccc(CO)c1)c1cccc(N)c1. The minimum Gasteiger partial charge on any atom is -0.486 e. The van der Waals surface area contributed by atoms with Crippen LogP contribution in [0.2, 0.25) is 0 Å². The van der Waals surface area contributed by atoms with Gasteiger partial charge in [0, 0.05) is 5.69 Å². The Morgan fingerprint density at radius 1 is 1.17 bits per heavy atom. The Balaban J connectivity index is 2.13. The van der Waals surface area contributed by atoms with Gasteiger partial charge in [-0.05, 0) is 42.3 Å². The lowest BCUT2D eigenvalue weighted by Crippen LogP contribution is -2.04. The normalized spacial score (nSPS) is 12.1. The van der Waals surface area contributed by atoms with E-state index in [9.17, 15) is 0 Å². The molecule has 94 valence electrons. The van der Waals surface area contributed by atoms with Crippen LogP contribution in [-0.2, 0) is 6.61 Å². The molecule has 2 aromatic rings. The van der Waals surface area contributed by atoms with Gasteiger partial charge in [-0.15, -0.1) is 0 Å². The smallest absolute Gasteiger partial charge is 0.121 e. The summed E-state index contributed by atoms with van der Waals surface area (Å²) in [5.41, 5.74) is 8.35. The summed E-state index contributed by atoms with van der Waals surface area (Å²) in [5, 5.41) is 9.08. The summed E-state index contributed by atoms with van der Waals surface area (Å²) in [7, 11) is 0. The molecule has 0 aliphatic rings. The second-order valence-corrected chi connectivity index (χ2v) is 4.24. The van der Waals surface area contributed by atoms with Gasteiger partial charge in [-0.1, -0.05) is 24.3 Å². The Kier molecular flexibility index (Phi) is 3.85. The van der Waals surface area contributed by atoms with Crippen molar-refractivity contribution in [2.45, 2.75) is 19.6 Å². The average molecular weight is 243 g/mol. The van der Waals surface area contributed by atoms with Gasteiger partial charge in [0.25, 0.3) is 0 Å². The lowest BCUT2D eigenvalue weighted by molar-refractivity contribution is 0.225. The zero-order valence-electron chi connectivity index (χ0n) is 10.3. The van der Waals surface area contributed by atoms with E-state index in [4.69, 9.17) is 15.6 Å². The quantitative estimate of drug-likeness (QED) is 0.812. The number of ether oxygens (including phenoxy) is 1. The number of hydrogen-bond acceptors (Lipinski definition) is 3. The zero-order chi connectivity index (χ0) is 13.0. The largest absolute Gasteiger partial charge is 0.486 e. The van der Waals surface area contributed by atoms with Crippen molar-refractivity contribution < 1.29 is 9.84 Å².